The summed E-state index contributed by atoms with van der Waals surface area (Å²) >= 11 is 11.8. The number of carbonyl (C=O) groups excluding carboxylic acids is 1. The van der Waals surface area contributed by atoms with Crippen LogP contribution < -0.4 is 0 Å². The third kappa shape index (κ3) is 4.35. The number of carboxylic acid groups (broad SMARTS) is 1. The SMILES string of the molecule is O=C(O)C1CCCN(C(=O)CCc2ccc(Cl)c(Cl)c2)C1. The molecule has 1 aliphatic heterocycles. The van der Waals surface area contributed by atoms with E-state index in [1.54, 1.807) is 17.0 Å². The summed E-state index contributed by atoms with van der Waals surface area (Å²) in [4.78, 5) is 24.8. The van der Waals surface area contributed by atoms with Crippen molar-refractivity contribution < 1.29 is 14.7 Å². The first-order chi connectivity index (χ1) is 9.97. The number of piperidine rings is 1. The van der Waals surface area contributed by atoms with Gasteiger partial charge in [0.2, 0.25) is 5.91 Å². The van der Waals surface area contributed by atoms with Crippen LogP contribution in [-0.4, -0.2) is 35.0 Å². The van der Waals surface area contributed by atoms with Crippen LogP contribution in [0.1, 0.15) is 24.8 Å². The van der Waals surface area contributed by atoms with E-state index in [-0.39, 0.29) is 5.91 Å². The van der Waals surface area contributed by atoms with E-state index in [1.165, 1.54) is 0 Å². The second kappa shape index (κ2) is 7.14. The molecule has 1 atom stereocenters. The van der Waals surface area contributed by atoms with Crippen LogP contribution in [0.4, 0.5) is 0 Å². The standard InChI is InChI=1S/C15H17Cl2NO3/c16-12-5-3-10(8-13(12)17)4-6-14(19)18-7-1-2-11(9-18)15(20)21/h3,5,8,11H,1-2,4,6-7,9H2,(H,20,21). The molecule has 1 aromatic carbocycles. The number of amides is 1. The molecule has 1 amide bonds. The largest absolute Gasteiger partial charge is 0.481 e. The molecule has 0 spiro atoms. The van der Waals surface area contributed by atoms with Gasteiger partial charge in [0.05, 0.1) is 16.0 Å². The summed E-state index contributed by atoms with van der Waals surface area (Å²) in [5.74, 6) is -1.27. The summed E-state index contributed by atoms with van der Waals surface area (Å²) in [6.07, 6.45) is 2.32. The van der Waals surface area contributed by atoms with Crippen LogP contribution in [-0.2, 0) is 16.0 Å². The first kappa shape index (κ1) is 16.1. The average molecular weight is 330 g/mol. The van der Waals surface area contributed by atoms with E-state index in [1.807, 2.05) is 6.07 Å². The van der Waals surface area contributed by atoms with Gasteiger partial charge in [0.1, 0.15) is 0 Å². The Balaban J connectivity index is 1.89. The zero-order chi connectivity index (χ0) is 15.4. The maximum Gasteiger partial charge on any atom is 0.308 e. The smallest absolute Gasteiger partial charge is 0.308 e. The number of halogens is 2. The van der Waals surface area contributed by atoms with Crippen LogP contribution in [0.25, 0.3) is 0 Å². The number of likely N-dealkylation sites (tertiary alicyclic amines) is 1. The van der Waals surface area contributed by atoms with Gasteiger partial charge in [-0.3, -0.25) is 9.59 Å². The lowest BCUT2D eigenvalue weighted by Crippen LogP contribution is -2.42. The molecule has 1 fully saturated rings. The highest BCUT2D eigenvalue weighted by atomic mass is 35.5. The van der Waals surface area contributed by atoms with Gasteiger partial charge in [0.15, 0.2) is 0 Å². The van der Waals surface area contributed by atoms with E-state index < -0.39 is 11.9 Å². The first-order valence-electron chi connectivity index (χ1n) is 6.92. The molecule has 0 bridgehead atoms. The number of rotatable bonds is 4. The summed E-state index contributed by atoms with van der Waals surface area (Å²) in [6.45, 7) is 0.958. The van der Waals surface area contributed by atoms with Crippen LogP contribution in [0.15, 0.2) is 18.2 Å². The Labute approximate surface area is 133 Å². The summed E-state index contributed by atoms with van der Waals surface area (Å²) in [5.41, 5.74) is 0.949. The first-order valence-corrected chi connectivity index (χ1v) is 7.67. The molecule has 1 aliphatic rings. The van der Waals surface area contributed by atoms with E-state index in [4.69, 9.17) is 28.3 Å². The van der Waals surface area contributed by atoms with Crippen LogP contribution in [0.5, 0.6) is 0 Å². The van der Waals surface area contributed by atoms with Gasteiger partial charge in [-0.15, -0.1) is 0 Å². The molecule has 1 aromatic rings. The van der Waals surface area contributed by atoms with Crippen molar-refractivity contribution in [3.05, 3.63) is 33.8 Å². The van der Waals surface area contributed by atoms with E-state index in [0.717, 1.165) is 12.0 Å². The normalized spacial score (nSPS) is 18.6. The molecule has 6 heteroatoms. The molecule has 4 nitrogen and oxygen atoms in total. The Morgan fingerprint density at radius 2 is 2.05 bits per heavy atom. The number of aryl methyl sites for hydroxylation is 1. The Morgan fingerprint density at radius 3 is 2.71 bits per heavy atom. The Morgan fingerprint density at radius 1 is 1.29 bits per heavy atom. The third-order valence-corrected chi connectivity index (χ3v) is 4.47. The predicted molar refractivity (Wildman–Crippen MR) is 81.7 cm³/mol. The lowest BCUT2D eigenvalue weighted by atomic mass is 9.97. The third-order valence-electron chi connectivity index (χ3n) is 3.73. The molecule has 0 saturated carbocycles. The maximum atomic E-state index is 12.2. The number of aliphatic carboxylic acids is 1. The quantitative estimate of drug-likeness (QED) is 0.922. The number of carbonyl (C=O) groups is 2. The highest BCUT2D eigenvalue weighted by Crippen LogP contribution is 2.23. The van der Waals surface area contributed by atoms with Crippen molar-refractivity contribution >= 4 is 35.1 Å². The van der Waals surface area contributed by atoms with Crippen molar-refractivity contribution in [3.8, 4) is 0 Å². The van der Waals surface area contributed by atoms with Crippen LogP contribution in [0.3, 0.4) is 0 Å². The summed E-state index contributed by atoms with van der Waals surface area (Å²) in [7, 11) is 0. The monoisotopic (exact) mass is 329 g/mol. The fraction of sp³-hybridized carbons (Fsp3) is 0.467. The van der Waals surface area contributed by atoms with Gasteiger partial charge in [-0.05, 0) is 37.0 Å². The molecule has 0 radical (unpaired) electrons. The van der Waals surface area contributed by atoms with Crippen LogP contribution in [0, 0.1) is 5.92 Å². The van der Waals surface area contributed by atoms with Crippen molar-refractivity contribution in [2.75, 3.05) is 13.1 Å². The van der Waals surface area contributed by atoms with Gasteiger partial charge < -0.3 is 10.0 Å². The van der Waals surface area contributed by atoms with Crippen molar-refractivity contribution in [2.24, 2.45) is 5.92 Å². The minimum Gasteiger partial charge on any atom is -0.481 e. The van der Waals surface area contributed by atoms with Crippen molar-refractivity contribution in [1.82, 2.24) is 4.90 Å². The molecule has 21 heavy (non-hydrogen) atoms. The summed E-state index contributed by atoms with van der Waals surface area (Å²) in [5, 5.41) is 10.0. The Kier molecular flexibility index (Phi) is 5.48. The average Bonchev–Trinajstić information content (AvgIpc) is 2.48. The number of carboxylic acids is 1. The molecule has 1 saturated heterocycles. The van der Waals surface area contributed by atoms with Gasteiger partial charge in [0.25, 0.3) is 0 Å². The molecule has 1 N–H and O–H groups in total. The maximum absolute atomic E-state index is 12.2. The number of hydrogen-bond donors (Lipinski definition) is 1. The van der Waals surface area contributed by atoms with Gasteiger partial charge in [-0.1, -0.05) is 29.3 Å². The Bertz CT molecular complexity index is 548. The van der Waals surface area contributed by atoms with Crippen LogP contribution in [0.2, 0.25) is 10.0 Å². The molecular formula is C15H17Cl2NO3. The van der Waals surface area contributed by atoms with E-state index in [2.05, 4.69) is 0 Å². The minimum atomic E-state index is -0.822. The molecule has 114 valence electrons. The molecule has 1 heterocycles. The lowest BCUT2D eigenvalue weighted by molar-refractivity contribution is -0.145. The minimum absolute atomic E-state index is 0.00739. The summed E-state index contributed by atoms with van der Waals surface area (Å²) < 4.78 is 0. The number of nitrogens with zero attached hydrogens (tertiary/aromatic N) is 1. The topological polar surface area (TPSA) is 57.6 Å². The van der Waals surface area contributed by atoms with Gasteiger partial charge in [-0.25, -0.2) is 0 Å². The second-order valence-electron chi connectivity index (χ2n) is 5.27. The molecule has 0 aliphatic carbocycles. The number of benzene rings is 1. The highest BCUT2D eigenvalue weighted by molar-refractivity contribution is 6.42. The van der Waals surface area contributed by atoms with Gasteiger partial charge in [0, 0.05) is 19.5 Å². The fourth-order valence-corrected chi connectivity index (χ4v) is 2.83. The van der Waals surface area contributed by atoms with Crippen molar-refractivity contribution in [2.45, 2.75) is 25.7 Å². The van der Waals surface area contributed by atoms with Crippen LogP contribution >= 0.6 is 23.2 Å². The zero-order valence-electron chi connectivity index (χ0n) is 11.5. The van der Waals surface area contributed by atoms with Gasteiger partial charge in [-0.2, -0.15) is 0 Å². The zero-order valence-corrected chi connectivity index (χ0v) is 13.0. The lowest BCUT2D eigenvalue weighted by Gasteiger charge is -2.30. The number of hydrogen-bond acceptors (Lipinski definition) is 2. The second-order valence-corrected chi connectivity index (χ2v) is 6.08. The van der Waals surface area contributed by atoms with E-state index in [0.29, 0.717) is 42.4 Å². The Hall–Kier alpha value is -1.26. The predicted octanol–water partition coefficient (Wildman–Crippen LogP) is 3.25. The van der Waals surface area contributed by atoms with Crippen molar-refractivity contribution in [1.29, 1.82) is 0 Å². The molecular weight excluding hydrogens is 313 g/mol. The van der Waals surface area contributed by atoms with Gasteiger partial charge >= 0.3 is 5.97 Å². The van der Waals surface area contributed by atoms with Crippen molar-refractivity contribution in [3.63, 3.8) is 0 Å². The fourth-order valence-electron chi connectivity index (χ4n) is 2.51. The van der Waals surface area contributed by atoms with E-state index in [9.17, 15) is 9.59 Å². The molecule has 2 rings (SSSR count). The van der Waals surface area contributed by atoms with E-state index >= 15 is 0 Å². The molecule has 0 aromatic heterocycles. The molecule has 1 unspecified atom stereocenters. The highest BCUT2D eigenvalue weighted by Gasteiger charge is 2.27. The summed E-state index contributed by atoms with van der Waals surface area (Å²) in [6, 6.07) is 5.32.